The van der Waals surface area contributed by atoms with E-state index in [9.17, 15) is 8.42 Å². The van der Waals surface area contributed by atoms with Crippen LogP contribution in [0.4, 0.5) is 11.4 Å². The first-order valence-corrected chi connectivity index (χ1v) is 14.1. The van der Waals surface area contributed by atoms with Crippen molar-refractivity contribution in [2.24, 2.45) is 0 Å². The van der Waals surface area contributed by atoms with Gasteiger partial charge in [0, 0.05) is 29.8 Å². The maximum atomic E-state index is 11.9. The van der Waals surface area contributed by atoms with Crippen LogP contribution in [-0.2, 0) is 10.0 Å². The van der Waals surface area contributed by atoms with Gasteiger partial charge in [0.15, 0.2) is 5.11 Å². The van der Waals surface area contributed by atoms with Gasteiger partial charge in [-0.25, -0.2) is 8.42 Å². The topological polar surface area (TPSA) is 97.7 Å². The summed E-state index contributed by atoms with van der Waals surface area (Å²) in [6, 6.07) is 22.3. The zero-order chi connectivity index (χ0) is 26.9. The fraction of sp³-hybridized carbons (Fsp3) is 0.185. The Balaban J connectivity index is 1.66. The number of benzene rings is 2. The zero-order valence-electron chi connectivity index (χ0n) is 21.0. The van der Waals surface area contributed by atoms with E-state index >= 15 is 0 Å². The predicted molar refractivity (Wildman–Crippen MR) is 152 cm³/mol. The Morgan fingerprint density at radius 1 is 0.974 bits per heavy atom. The monoisotopic (exact) mass is 549 g/mol. The fourth-order valence-corrected chi connectivity index (χ4v) is 5.64. The highest BCUT2D eigenvalue weighted by Gasteiger charge is 2.42. The summed E-state index contributed by atoms with van der Waals surface area (Å²) in [5.74, 6) is 1.10. The van der Waals surface area contributed by atoms with Crippen molar-refractivity contribution in [3.63, 3.8) is 0 Å². The van der Waals surface area contributed by atoms with Crippen LogP contribution in [0.15, 0.2) is 85.2 Å². The Hall–Kier alpha value is -4.09. The molecule has 0 bridgehead atoms. The van der Waals surface area contributed by atoms with E-state index < -0.39 is 10.0 Å². The molecule has 196 valence electrons. The molecule has 1 fully saturated rings. The number of pyridine rings is 1. The van der Waals surface area contributed by atoms with Gasteiger partial charge in [0.25, 0.3) is 0 Å². The number of nitrogens with zero attached hydrogens (tertiary/aromatic N) is 3. The highest BCUT2D eigenvalue weighted by Crippen LogP contribution is 2.44. The van der Waals surface area contributed by atoms with Gasteiger partial charge in [-0.3, -0.25) is 9.71 Å². The summed E-state index contributed by atoms with van der Waals surface area (Å²) in [5, 5.41) is 3.96. The third-order valence-corrected chi connectivity index (χ3v) is 7.19. The van der Waals surface area contributed by atoms with Crippen molar-refractivity contribution in [3.8, 4) is 17.2 Å². The highest BCUT2D eigenvalue weighted by atomic mass is 32.2. The number of nitrogens with one attached hydrogen (secondary N) is 2. The van der Waals surface area contributed by atoms with E-state index in [4.69, 9.17) is 21.7 Å². The fourth-order valence-electron chi connectivity index (χ4n) is 4.73. The lowest BCUT2D eigenvalue weighted by Crippen LogP contribution is -2.30. The molecule has 1 aliphatic heterocycles. The molecule has 0 amide bonds. The molecule has 1 aliphatic rings. The lowest BCUT2D eigenvalue weighted by molar-refractivity contribution is 0.412. The van der Waals surface area contributed by atoms with E-state index in [1.807, 2.05) is 71.8 Å². The number of rotatable bonds is 8. The molecule has 2 aromatic carbocycles. The van der Waals surface area contributed by atoms with Crippen molar-refractivity contribution < 1.29 is 17.9 Å². The van der Waals surface area contributed by atoms with Gasteiger partial charge < -0.3 is 24.3 Å². The van der Waals surface area contributed by atoms with Gasteiger partial charge in [-0.05, 0) is 60.7 Å². The molecule has 4 aromatic rings. The maximum absolute atomic E-state index is 11.9. The standard InChI is InChI=1S/C27H27N5O4S2/c1-35-23-12-5-4-10-21(23)31-16-8-11-22(31)26-25(20-9-6-7-15-28-20)29-27(37)32(26)18-13-14-19(24(17-18)36-2)30-38(3,33)34/h4-17,25-26,30H,1-3H3,(H,29,37)/t25-,26+/m1/s1. The van der Waals surface area contributed by atoms with Crippen LogP contribution in [0.2, 0.25) is 0 Å². The first-order chi connectivity index (χ1) is 18.3. The number of para-hydroxylation sites is 2. The van der Waals surface area contributed by atoms with Gasteiger partial charge in [0.2, 0.25) is 10.0 Å². The normalized spacial score (nSPS) is 17.2. The highest BCUT2D eigenvalue weighted by molar-refractivity contribution is 7.92. The van der Waals surface area contributed by atoms with Crippen LogP contribution in [0.25, 0.3) is 5.69 Å². The smallest absolute Gasteiger partial charge is 0.229 e. The average Bonchev–Trinajstić information content (AvgIpc) is 3.52. The van der Waals surface area contributed by atoms with Crippen LogP contribution in [0.5, 0.6) is 11.5 Å². The average molecular weight is 550 g/mol. The SMILES string of the molecule is COc1cc(N2C(=S)N[C@H](c3ccccn3)[C@@H]2c2cccn2-c2ccccc2OC)ccc1NS(C)(=O)=O. The lowest BCUT2D eigenvalue weighted by atomic mass is 10.0. The van der Waals surface area contributed by atoms with E-state index in [1.54, 1.807) is 25.4 Å². The van der Waals surface area contributed by atoms with Crippen LogP contribution in [0, 0.1) is 0 Å². The van der Waals surface area contributed by atoms with Crippen molar-refractivity contribution in [1.82, 2.24) is 14.9 Å². The van der Waals surface area contributed by atoms with Crippen LogP contribution in [0.1, 0.15) is 23.5 Å². The van der Waals surface area contributed by atoms with Crippen LogP contribution >= 0.6 is 12.2 Å². The molecule has 3 heterocycles. The van der Waals surface area contributed by atoms with E-state index in [-0.39, 0.29) is 12.1 Å². The number of methoxy groups -OCH3 is 2. The third kappa shape index (κ3) is 4.90. The molecule has 0 unspecified atom stereocenters. The summed E-state index contributed by atoms with van der Waals surface area (Å²) >= 11 is 5.86. The molecule has 1 saturated heterocycles. The third-order valence-electron chi connectivity index (χ3n) is 6.28. The molecular weight excluding hydrogens is 522 g/mol. The number of sulfonamides is 1. The summed E-state index contributed by atoms with van der Waals surface area (Å²) in [7, 11) is -0.349. The Bertz CT molecular complexity index is 1570. The second-order valence-corrected chi connectivity index (χ2v) is 10.9. The minimum atomic E-state index is -3.49. The van der Waals surface area contributed by atoms with Crippen molar-refractivity contribution >= 4 is 38.7 Å². The van der Waals surface area contributed by atoms with Crippen LogP contribution in [-0.4, -0.2) is 43.6 Å². The van der Waals surface area contributed by atoms with E-state index in [0.29, 0.717) is 16.5 Å². The van der Waals surface area contributed by atoms with Crippen molar-refractivity contribution in [2.75, 3.05) is 30.1 Å². The van der Waals surface area contributed by atoms with Gasteiger partial charge in [-0.1, -0.05) is 18.2 Å². The largest absolute Gasteiger partial charge is 0.495 e. The lowest BCUT2D eigenvalue weighted by Gasteiger charge is -2.29. The summed E-state index contributed by atoms with van der Waals surface area (Å²) in [5.41, 5.74) is 3.74. The molecule has 5 rings (SSSR count). The summed E-state index contributed by atoms with van der Waals surface area (Å²) in [6.45, 7) is 0. The Morgan fingerprint density at radius 3 is 2.45 bits per heavy atom. The van der Waals surface area contributed by atoms with Gasteiger partial charge in [-0.2, -0.15) is 0 Å². The second-order valence-electron chi connectivity index (χ2n) is 8.73. The van der Waals surface area contributed by atoms with Crippen LogP contribution < -0.4 is 24.4 Å². The zero-order valence-corrected chi connectivity index (χ0v) is 22.7. The Labute approximate surface area is 227 Å². The van der Waals surface area contributed by atoms with Crippen molar-refractivity contribution in [3.05, 3.63) is 96.6 Å². The number of aromatic nitrogens is 2. The molecule has 2 aromatic heterocycles. The molecule has 9 nitrogen and oxygen atoms in total. The molecule has 0 saturated carbocycles. The van der Waals surface area contributed by atoms with Gasteiger partial charge in [0.05, 0.1) is 43.6 Å². The molecular formula is C27H27N5O4S2. The molecule has 0 aliphatic carbocycles. The minimum absolute atomic E-state index is 0.271. The first kappa shape index (κ1) is 25.6. The molecule has 2 N–H and O–H groups in total. The van der Waals surface area contributed by atoms with E-state index in [1.165, 1.54) is 7.11 Å². The number of hydrogen-bond donors (Lipinski definition) is 2. The summed E-state index contributed by atoms with van der Waals surface area (Å²) < 4.78 is 39.5. The van der Waals surface area contributed by atoms with E-state index in [2.05, 4.69) is 19.6 Å². The summed E-state index contributed by atoms with van der Waals surface area (Å²) in [4.78, 5) is 6.63. The maximum Gasteiger partial charge on any atom is 0.229 e. The molecule has 0 radical (unpaired) electrons. The first-order valence-electron chi connectivity index (χ1n) is 11.8. The van der Waals surface area contributed by atoms with Gasteiger partial charge >= 0.3 is 0 Å². The number of thiocarbonyl (C=S) groups is 1. The Morgan fingerprint density at radius 2 is 1.74 bits per heavy atom. The van der Waals surface area contributed by atoms with E-state index in [0.717, 1.165) is 34.8 Å². The number of ether oxygens (including phenoxy) is 2. The van der Waals surface area contributed by atoms with Gasteiger partial charge in [-0.15, -0.1) is 0 Å². The molecule has 0 spiro atoms. The Kier molecular flexibility index (Phi) is 6.96. The van der Waals surface area contributed by atoms with Crippen molar-refractivity contribution in [2.45, 2.75) is 12.1 Å². The molecule has 38 heavy (non-hydrogen) atoms. The van der Waals surface area contributed by atoms with Gasteiger partial charge in [0.1, 0.15) is 17.5 Å². The second kappa shape index (κ2) is 10.3. The number of hydrogen-bond acceptors (Lipinski definition) is 6. The minimum Gasteiger partial charge on any atom is -0.495 e. The summed E-state index contributed by atoms with van der Waals surface area (Å²) in [6.07, 6.45) is 4.84. The van der Waals surface area contributed by atoms with Crippen LogP contribution in [0.3, 0.4) is 0 Å². The predicted octanol–water partition coefficient (Wildman–Crippen LogP) is 4.44. The van der Waals surface area contributed by atoms with Crippen molar-refractivity contribution in [1.29, 1.82) is 0 Å². The molecule has 11 heteroatoms. The molecule has 2 atom stereocenters. The number of anilines is 2. The quantitative estimate of drug-likeness (QED) is 0.312.